The van der Waals surface area contributed by atoms with E-state index < -0.39 is 17.7 Å². The molecule has 0 radical (unpaired) electrons. The lowest BCUT2D eigenvalue weighted by molar-refractivity contribution is -0.931. The number of piperazine rings is 1. The Labute approximate surface area is 351 Å². The molecule has 3 fully saturated rings. The highest BCUT2D eigenvalue weighted by molar-refractivity contribution is 6.34. The Balaban J connectivity index is 0.939. The lowest BCUT2D eigenvalue weighted by Crippen LogP contribution is -2.63. The van der Waals surface area contributed by atoms with Crippen LogP contribution < -0.4 is 15.7 Å². The van der Waals surface area contributed by atoms with Crippen LogP contribution in [0.25, 0.3) is 22.4 Å². The molecule has 0 spiro atoms. The smallest absolute Gasteiger partial charge is 0.291 e. The number of anilines is 1. The van der Waals surface area contributed by atoms with Crippen molar-refractivity contribution in [1.82, 2.24) is 34.4 Å². The van der Waals surface area contributed by atoms with E-state index in [4.69, 9.17) is 27.9 Å². The molecule has 18 heteroatoms. The standard InChI is InChI=1S/C41H48Cl2FN9O6/c1-25-32(21-47-52(25)14-17-59-3)29-6-7-31(36(43)37(29)44)34-22-46-38(49(34)2)39(56)48-28-4-5-30(33(42)18-28)41(58)51-12-10-50(11-13-51)40(57)27-8-15-53(16-9-27,24-35(54)55)23-26-19-45-20-26/h4-7,18,21-22,26-27,45H,8-17,19-20,23-24H2,1-3H3,(H-,48,54,55,56,58). The minimum Gasteiger partial charge on any atom is -0.544 e. The lowest BCUT2D eigenvalue weighted by Gasteiger charge is -2.47. The predicted molar refractivity (Wildman–Crippen MR) is 217 cm³/mol. The van der Waals surface area contributed by atoms with Crippen LogP contribution >= 0.6 is 23.2 Å². The van der Waals surface area contributed by atoms with Crippen molar-refractivity contribution < 1.29 is 37.9 Å². The number of hydrogen-bond acceptors (Lipinski definition) is 9. The van der Waals surface area contributed by atoms with Crippen LogP contribution in [0.15, 0.2) is 42.7 Å². The number of imidazole rings is 1. The van der Waals surface area contributed by atoms with E-state index in [1.807, 2.05) is 6.92 Å². The second kappa shape index (κ2) is 17.8. The second-order valence-electron chi connectivity index (χ2n) is 15.7. The van der Waals surface area contributed by atoms with Crippen molar-refractivity contribution in [2.45, 2.75) is 26.3 Å². The first-order valence-electron chi connectivity index (χ1n) is 19.8. The van der Waals surface area contributed by atoms with Gasteiger partial charge in [0.15, 0.2) is 5.82 Å². The summed E-state index contributed by atoms with van der Waals surface area (Å²) < 4.78 is 24.6. The fraction of sp³-hybridized carbons (Fsp3) is 0.463. The Morgan fingerprint density at radius 3 is 2.34 bits per heavy atom. The topological polar surface area (TPSA) is 167 Å². The molecule has 15 nitrogen and oxygen atoms in total. The summed E-state index contributed by atoms with van der Waals surface area (Å²) in [6.45, 7) is 8.07. The lowest BCUT2D eigenvalue weighted by atomic mass is 9.90. The van der Waals surface area contributed by atoms with Crippen molar-refractivity contribution in [2.75, 3.05) is 84.5 Å². The normalized spacial score (nSPS) is 19.7. The molecule has 59 heavy (non-hydrogen) atoms. The van der Waals surface area contributed by atoms with E-state index in [-0.39, 0.29) is 45.7 Å². The number of amides is 3. The number of aliphatic carboxylic acids is 1. The van der Waals surface area contributed by atoms with Gasteiger partial charge >= 0.3 is 0 Å². The molecule has 314 valence electrons. The molecule has 3 aliphatic heterocycles. The van der Waals surface area contributed by atoms with E-state index in [1.165, 1.54) is 16.8 Å². The van der Waals surface area contributed by atoms with Crippen molar-refractivity contribution in [3.8, 4) is 22.4 Å². The Morgan fingerprint density at radius 2 is 1.69 bits per heavy atom. The van der Waals surface area contributed by atoms with Crippen molar-refractivity contribution in [3.63, 3.8) is 0 Å². The highest BCUT2D eigenvalue weighted by Crippen LogP contribution is 2.37. The van der Waals surface area contributed by atoms with Crippen LogP contribution in [0.5, 0.6) is 0 Å². The van der Waals surface area contributed by atoms with Crippen LogP contribution in [-0.4, -0.2) is 136 Å². The Bertz CT molecular complexity index is 2240. The summed E-state index contributed by atoms with van der Waals surface area (Å²) in [7, 11) is 3.22. The van der Waals surface area contributed by atoms with E-state index in [1.54, 1.807) is 59.1 Å². The third-order valence-electron chi connectivity index (χ3n) is 12.0. The maximum Gasteiger partial charge on any atom is 0.291 e. The quantitative estimate of drug-likeness (QED) is 0.192. The van der Waals surface area contributed by atoms with Gasteiger partial charge in [-0.3, -0.25) is 19.1 Å². The van der Waals surface area contributed by atoms with Gasteiger partial charge in [-0.05, 0) is 25.1 Å². The first-order chi connectivity index (χ1) is 28.3. The first-order valence-corrected chi connectivity index (χ1v) is 20.5. The SMILES string of the molecule is COCCn1ncc(-c2ccc(-c3cnc(C(=O)Nc4ccc(C(=O)N5CCN(C(=O)C6CC[N+](CC(=O)[O-])(CC7CNC7)CC6)CC5)c(Cl)c4)n3C)c(Cl)c2F)c1C. The fourth-order valence-corrected chi connectivity index (χ4v) is 9.04. The zero-order valence-corrected chi connectivity index (χ0v) is 34.8. The molecule has 2 N–H and O–H groups in total. The van der Waals surface area contributed by atoms with Gasteiger partial charge in [-0.2, -0.15) is 5.10 Å². The van der Waals surface area contributed by atoms with Gasteiger partial charge in [0.05, 0.1) is 72.5 Å². The van der Waals surface area contributed by atoms with E-state index in [0.717, 1.165) is 25.3 Å². The highest BCUT2D eigenvalue weighted by Gasteiger charge is 2.41. The highest BCUT2D eigenvalue weighted by atomic mass is 35.5. The minimum absolute atomic E-state index is 0.0279. The van der Waals surface area contributed by atoms with Crippen LogP contribution in [0.4, 0.5) is 10.1 Å². The average Bonchev–Trinajstić information content (AvgIpc) is 3.77. The van der Waals surface area contributed by atoms with E-state index in [2.05, 4.69) is 20.7 Å². The Morgan fingerprint density at radius 1 is 1.00 bits per heavy atom. The summed E-state index contributed by atoms with van der Waals surface area (Å²) in [5.74, 6) is -2.16. The van der Waals surface area contributed by atoms with Gasteiger partial charge in [0.25, 0.3) is 11.8 Å². The maximum absolute atomic E-state index is 15.7. The number of benzene rings is 2. The molecule has 0 aliphatic carbocycles. The predicted octanol–water partition coefficient (Wildman–Crippen LogP) is 3.08. The molecule has 0 bridgehead atoms. The van der Waals surface area contributed by atoms with Gasteiger partial charge < -0.3 is 44.1 Å². The van der Waals surface area contributed by atoms with Crippen molar-refractivity contribution in [2.24, 2.45) is 18.9 Å². The first kappa shape index (κ1) is 42.3. The number of ether oxygens (including phenoxy) is 1. The summed E-state index contributed by atoms with van der Waals surface area (Å²) in [5, 5.41) is 22.0. The number of rotatable bonds is 13. The van der Waals surface area contributed by atoms with Gasteiger partial charge in [-0.25, -0.2) is 9.37 Å². The van der Waals surface area contributed by atoms with Gasteiger partial charge in [0.1, 0.15) is 12.4 Å². The van der Waals surface area contributed by atoms with Crippen LogP contribution in [0.2, 0.25) is 10.0 Å². The van der Waals surface area contributed by atoms with Crippen LogP contribution in [0.1, 0.15) is 39.5 Å². The van der Waals surface area contributed by atoms with Gasteiger partial charge in [0, 0.05) is 106 Å². The minimum atomic E-state index is -1.06. The molecule has 3 saturated heterocycles. The van der Waals surface area contributed by atoms with Crippen molar-refractivity contribution in [1.29, 1.82) is 0 Å². The maximum atomic E-state index is 15.7. The molecule has 4 aromatic rings. The van der Waals surface area contributed by atoms with E-state index in [9.17, 15) is 24.3 Å². The number of piperidine rings is 1. The third kappa shape index (κ3) is 8.87. The second-order valence-corrected chi connectivity index (χ2v) is 16.5. The number of nitrogens with one attached hydrogen (secondary N) is 2. The number of likely N-dealkylation sites (tertiary alicyclic amines) is 1. The summed E-state index contributed by atoms with van der Waals surface area (Å²) in [4.78, 5) is 59.8. The number of carboxylic acids is 1. The van der Waals surface area contributed by atoms with Gasteiger partial charge in [-0.1, -0.05) is 35.3 Å². The molecular formula is C41H48Cl2FN9O6. The van der Waals surface area contributed by atoms with Gasteiger partial charge in [-0.15, -0.1) is 0 Å². The molecule has 2 aromatic heterocycles. The number of carboxylic acid groups (broad SMARTS) is 1. The zero-order chi connectivity index (χ0) is 42.0. The number of carbonyl (C=O) groups excluding carboxylic acids is 4. The number of methoxy groups -OCH3 is 1. The average molecular weight is 853 g/mol. The number of nitrogens with zero attached hydrogens (tertiary/aromatic N) is 7. The van der Waals surface area contributed by atoms with Gasteiger partial charge in [0.2, 0.25) is 5.91 Å². The van der Waals surface area contributed by atoms with Crippen LogP contribution in [-0.2, 0) is 27.9 Å². The molecule has 7 rings (SSSR count). The largest absolute Gasteiger partial charge is 0.544 e. The Kier molecular flexibility index (Phi) is 12.7. The molecule has 0 saturated carbocycles. The monoisotopic (exact) mass is 851 g/mol. The fourth-order valence-electron chi connectivity index (χ4n) is 8.52. The number of carbonyl (C=O) groups is 4. The molecular weight excluding hydrogens is 804 g/mol. The number of halogens is 3. The summed E-state index contributed by atoms with van der Waals surface area (Å²) in [6.07, 6.45) is 4.28. The van der Waals surface area contributed by atoms with E-state index >= 15 is 4.39 Å². The Hall–Kier alpha value is -4.87. The van der Waals surface area contributed by atoms with Crippen molar-refractivity contribution in [3.05, 3.63) is 75.7 Å². The number of quaternary nitrogens is 1. The van der Waals surface area contributed by atoms with Crippen LogP contribution in [0, 0.1) is 24.6 Å². The third-order valence-corrected chi connectivity index (χ3v) is 12.7. The van der Waals surface area contributed by atoms with Crippen molar-refractivity contribution >= 4 is 52.6 Å². The number of hydrogen-bond donors (Lipinski definition) is 2. The molecule has 3 aliphatic rings. The summed E-state index contributed by atoms with van der Waals surface area (Å²) >= 11 is 13.2. The van der Waals surface area contributed by atoms with E-state index in [0.29, 0.717) is 104 Å². The summed E-state index contributed by atoms with van der Waals surface area (Å²) in [5.41, 5.74) is 3.04. The molecule has 5 heterocycles. The molecule has 2 aromatic carbocycles. The van der Waals surface area contributed by atoms with Crippen LogP contribution in [0.3, 0.4) is 0 Å². The number of aromatic nitrogens is 4. The molecule has 0 unspecified atom stereocenters. The summed E-state index contributed by atoms with van der Waals surface area (Å²) in [6, 6.07) is 7.92. The molecule has 0 atom stereocenters. The molecule has 3 amide bonds. The zero-order valence-electron chi connectivity index (χ0n) is 33.3.